The highest BCUT2D eigenvalue weighted by atomic mass is 32.1. The minimum atomic E-state index is 0.589. The Morgan fingerprint density at radius 1 is 1.11 bits per heavy atom. The van der Waals surface area contributed by atoms with Crippen molar-refractivity contribution in [2.45, 2.75) is 51.6 Å². The number of benzene rings is 1. The lowest BCUT2D eigenvalue weighted by Crippen LogP contribution is -2.21. The normalized spacial score (nSPS) is 15.6. The van der Waals surface area contributed by atoms with Crippen LogP contribution in [0.25, 0.3) is 21.4 Å². The summed E-state index contributed by atoms with van der Waals surface area (Å²) in [5.41, 5.74) is 5.35. The smallest absolute Gasteiger partial charge is 0.184 e. The van der Waals surface area contributed by atoms with Gasteiger partial charge in [0.2, 0.25) is 0 Å². The molecule has 0 aliphatic heterocycles. The van der Waals surface area contributed by atoms with Crippen LogP contribution in [0.15, 0.2) is 36.8 Å². The van der Waals surface area contributed by atoms with Crippen LogP contribution in [0.4, 0.5) is 5.13 Å². The second-order valence-electron chi connectivity index (χ2n) is 7.53. The van der Waals surface area contributed by atoms with Crippen LogP contribution in [0.3, 0.4) is 0 Å². The summed E-state index contributed by atoms with van der Waals surface area (Å²) >= 11 is 1.76. The standard InChI is InChI=1S/C21H23N5S/c1-14-9-18-20(22-11-14)26(13-23-18)12-15-7-8-17-19(10-15)27-21(25-17)24-16-5-3-2-4-6-16/h7-11,13,16H,2-6,12H2,1H3,(H,24,25). The van der Waals surface area contributed by atoms with Crippen LogP contribution in [-0.2, 0) is 6.54 Å². The Balaban J connectivity index is 1.38. The van der Waals surface area contributed by atoms with E-state index >= 15 is 0 Å². The Morgan fingerprint density at radius 3 is 2.89 bits per heavy atom. The van der Waals surface area contributed by atoms with Crippen molar-refractivity contribution in [3.8, 4) is 0 Å². The average Bonchev–Trinajstić information content (AvgIpc) is 3.25. The van der Waals surface area contributed by atoms with E-state index in [1.165, 1.54) is 42.4 Å². The predicted molar refractivity (Wildman–Crippen MR) is 111 cm³/mol. The zero-order chi connectivity index (χ0) is 18.2. The SMILES string of the molecule is Cc1cnc2c(c1)ncn2Cc1ccc2nc(NC3CCCCC3)sc2c1. The van der Waals surface area contributed by atoms with E-state index in [4.69, 9.17) is 4.98 Å². The maximum absolute atomic E-state index is 4.78. The molecule has 0 unspecified atom stereocenters. The molecule has 138 valence electrons. The number of nitrogens with one attached hydrogen (secondary N) is 1. The van der Waals surface area contributed by atoms with Crippen LogP contribution in [0.2, 0.25) is 0 Å². The maximum atomic E-state index is 4.78. The lowest BCUT2D eigenvalue weighted by Gasteiger charge is -2.22. The van der Waals surface area contributed by atoms with Crippen molar-refractivity contribution < 1.29 is 0 Å². The fraction of sp³-hybridized carbons (Fsp3) is 0.381. The van der Waals surface area contributed by atoms with E-state index in [1.807, 2.05) is 19.4 Å². The van der Waals surface area contributed by atoms with Crippen molar-refractivity contribution >= 4 is 37.8 Å². The predicted octanol–water partition coefficient (Wildman–Crippen LogP) is 5.14. The molecule has 5 rings (SSSR count). The van der Waals surface area contributed by atoms with Gasteiger partial charge in [0, 0.05) is 12.2 Å². The Labute approximate surface area is 162 Å². The molecule has 1 aromatic carbocycles. The van der Waals surface area contributed by atoms with Gasteiger partial charge in [0.05, 0.1) is 23.1 Å². The highest BCUT2D eigenvalue weighted by Crippen LogP contribution is 2.30. The van der Waals surface area contributed by atoms with Gasteiger partial charge in [0.1, 0.15) is 5.52 Å². The quantitative estimate of drug-likeness (QED) is 0.535. The molecule has 6 heteroatoms. The molecule has 0 atom stereocenters. The zero-order valence-electron chi connectivity index (χ0n) is 15.5. The summed E-state index contributed by atoms with van der Waals surface area (Å²) in [5, 5.41) is 4.70. The summed E-state index contributed by atoms with van der Waals surface area (Å²) in [6.45, 7) is 2.81. The van der Waals surface area contributed by atoms with Crippen LogP contribution >= 0.6 is 11.3 Å². The van der Waals surface area contributed by atoms with Gasteiger partial charge in [0.25, 0.3) is 0 Å². The van der Waals surface area contributed by atoms with Crippen molar-refractivity contribution in [3.63, 3.8) is 0 Å². The highest BCUT2D eigenvalue weighted by Gasteiger charge is 2.15. The molecular formula is C21H23N5S. The topological polar surface area (TPSA) is 55.6 Å². The third-order valence-corrected chi connectivity index (χ3v) is 6.28. The molecule has 1 saturated carbocycles. The summed E-state index contributed by atoms with van der Waals surface area (Å²) in [6.07, 6.45) is 10.3. The number of anilines is 1. The molecular weight excluding hydrogens is 354 g/mol. The maximum Gasteiger partial charge on any atom is 0.184 e. The first-order chi connectivity index (χ1) is 13.2. The number of fused-ring (bicyclic) bond motifs is 2. The van der Waals surface area contributed by atoms with Gasteiger partial charge in [-0.15, -0.1) is 0 Å². The molecule has 0 bridgehead atoms. The third kappa shape index (κ3) is 3.41. The van der Waals surface area contributed by atoms with Gasteiger partial charge in [-0.2, -0.15) is 0 Å². The molecule has 1 fully saturated rings. The van der Waals surface area contributed by atoms with E-state index in [2.05, 4.69) is 44.1 Å². The van der Waals surface area contributed by atoms with Gasteiger partial charge in [0.15, 0.2) is 10.8 Å². The first-order valence-corrected chi connectivity index (χ1v) is 10.5. The van der Waals surface area contributed by atoms with Gasteiger partial charge in [-0.25, -0.2) is 15.0 Å². The molecule has 1 N–H and O–H groups in total. The lowest BCUT2D eigenvalue weighted by molar-refractivity contribution is 0.462. The summed E-state index contributed by atoms with van der Waals surface area (Å²) in [6, 6.07) is 9.20. The number of aryl methyl sites for hydroxylation is 1. The second kappa shape index (κ2) is 6.93. The number of thiazole rings is 1. The molecule has 4 aromatic rings. The third-order valence-electron chi connectivity index (χ3n) is 5.33. The number of hydrogen-bond donors (Lipinski definition) is 1. The van der Waals surface area contributed by atoms with E-state index < -0.39 is 0 Å². The molecule has 0 spiro atoms. The Bertz CT molecular complexity index is 1090. The first kappa shape index (κ1) is 16.7. The van der Waals surface area contributed by atoms with Crippen LogP contribution in [0, 0.1) is 6.92 Å². The summed E-state index contributed by atoms with van der Waals surface area (Å²) in [7, 11) is 0. The van der Waals surface area contributed by atoms with Crippen molar-refractivity contribution in [1.29, 1.82) is 0 Å². The summed E-state index contributed by atoms with van der Waals surface area (Å²) in [4.78, 5) is 13.8. The van der Waals surface area contributed by atoms with Gasteiger partial charge >= 0.3 is 0 Å². The van der Waals surface area contributed by atoms with E-state index in [-0.39, 0.29) is 0 Å². The molecule has 1 aliphatic carbocycles. The van der Waals surface area contributed by atoms with Gasteiger partial charge in [-0.1, -0.05) is 36.7 Å². The number of nitrogens with zero attached hydrogens (tertiary/aromatic N) is 4. The summed E-state index contributed by atoms with van der Waals surface area (Å²) in [5.74, 6) is 0. The molecule has 0 saturated heterocycles. The van der Waals surface area contributed by atoms with Gasteiger partial charge in [-0.3, -0.25) is 0 Å². The molecule has 1 aliphatic rings. The minimum Gasteiger partial charge on any atom is -0.359 e. The van der Waals surface area contributed by atoms with Gasteiger partial charge < -0.3 is 9.88 Å². The Hall–Kier alpha value is -2.47. The lowest BCUT2D eigenvalue weighted by atomic mass is 9.96. The molecule has 27 heavy (non-hydrogen) atoms. The average molecular weight is 378 g/mol. The van der Waals surface area contributed by atoms with Crippen LogP contribution in [-0.4, -0.2) is 25.6 Å². The Morgan fingerprint density at radius 2 is 2.00 bits per heavy atom. The molecule has 5 nitrogen and oxygen atoms in total. The van der Waals surface area contributed by atoms with E-state index in [0.717, 1.165) is 33.9 Å². The van der Waals surface area contributed by atoms with Crippen molar-refractivity contribution in [3.05, 3.63) is 47.9 Å². The van der Waals surface area contributed by atoms with Crippen LogP contribution in [0.5, 0.6) is 0 Å². The number of rotatable bonds is 4. The van der Waals surface area contributed by atoms with Crippen LogP contribution in [0.1, 0.15) is 43.2 Å². The molecule has 3 aromatic heterocycles. The molecule has 3 heterocycles. The molecule has 0 radical (unpaired) electrons. The van der Waals surface area contributed by atoms with Crippen molar-refractivity contribution in [1.82, 2.24) is 19.5 Å². The zero-order valence-corrected chi connectivity index (χ0v) is 16.3. The van der Waals surface area contributed by atoms with Crippen LogP contribution < -0.4 is 5.32 Å². The van der Waals surface area contributed by atoms with Gasteiger partial charge in [-0.05, 0) is 49.1 Å². The van der Waals surface area contributed by atoms with Crippen molar-refractivity contribution in [2.24, 2.45) is 0 Å². The number of imidazole rings is 1. The van der Waals surface area contributed by atoms with Crippen molar-refractivity contribution in [2.75, 3.05) is 5.32 Å². The number of pyridine rings is 1. The number of hydrogen-bond acceptors (Lipinski definition) is 5. The van der Waals surface area contributed by atoms with E-state index in [0.29, 0.717) is 6.04 Å². The highest BCUT2D eigenvalue weighted by molar-refractivity contribution is 7.22. The number of aromatic nitrogens is 4. The van der Waals surface area contributed by atoms with E-state index in [9.17, 15) is 0 Å². The fourth-order valence-electron chi connectivity index (χ4n) is 3.91. The van der Waals surface area contributed by atoms with E-state index in [1.54, 1.807) is 11.3 Å². The largest absolute Gasteiger partial charge is 0.359 e. The first-order valence-electron chi connectivity index (χ1n) is 9.68. The Kier molecular flexibility index (Phi) is 4.28. The minimum absolute atomic E-state index is 0.589. The summed E-state index contributed by atoms with van der Waals surface area (Å²) < 4.78 is 3.34. The second-order valence-corrected chi connectivity index (χ2v) is 8.56. The molecule has 0 amide bonds. The fourth-order valence-corrected chi connectivity index (χ4v) is 4.92. The monoisotopic (exact) mass is 377 g/mol.